The van der Waals surface area contributed by atoms with E-state index in [0.29, 0.717) is 16.9 Å². The molecule has 1 atom stereocenters. The molecule has 2 heterocycles. The lowest BCUT2D eigenvalue weighted by Crippen LogP contribution is -2.35. The topological polar surface area (TPSA) is 85.4 Å². The third kappa shape index (κ3) is 3.09. The molecule has 1 aliphatic rings. The summed E-state index contributed by atoms with van der Waals surface area (Å²) >= 11 is 3.41. The summed E-state index contributed by atoms with van der Waals surface area (Å²) in [6.07, 6.45) is -0.911. The van der Waals surface area contributed by atoms with Gasteiger partial charge in [-0.1, -0.05) is 40.2 Å². The van der Waals surface area contributed by atoms with E-state index in [1.807, 2.05) is 54.6 Å². The molecule has 1 N–H and O–H groups in total. The van der Waals surface area contributed by atoms with Gasteiger partial charge in [-0.05, 0) is 41.1 Å². The maximum Gasteiger partial charge on any atom is 0.308 e. The minimum absolute atomic E-state index is 0.0380. The molecule has 0 bridgehead atoms. The summed E-state index contributed by atoms with van der Waals surface area (Å²) in [6.45, 7) is 0.0380. The normalized spacial score (nSPS) is 15.9. The molecule has 1 aromatic heterocycles. The van der Waals surface area contributed by atoms with Crippen LogP contribution in [0.5, 0.6) is 17.4 Å². The first-order valence-electron chi connectivity index (χ1n) is 9.26. The Bertz CT molecular complexity index is 1350. The average molecular weight is 466 g/mol. The highest BCUT2D eigenvalue weighted by molar-refractivity contribution is 9.10. The molecule has 30 heavy (non-hydrogen) atoms. The number of aromatic nitrogens is 1. The molecular weight excluding hydrogens is 450 g/mol. The van der Waals surface area contributed by atoms with E-state index in [2.05, 4.69) is 26.2 Å². The largest absolute Gasteiger partial charge is 0.493 e. The fraction of sp³-hybridized carbons (Fsp3) is 0.136. The molecule has 150 valence electrons. The summed E-state index contributed by atoms with van der Waals surface area (Å²) in [4.78, 5) is 12.6. The zero-order chi connectivity index (χ0) is 20.8. The molecule has 0 spiro atoms. The van der Waals surface area contributed by atoms with Crippen LogP contribution in [-0.2, 0) is 11.8 Å². The van der Waals surface area contributed by atoms with Gasteiger partial charge in [-0.15, -0.1) is 10.2 Å². The van der Waals surface area contributed by atoms with E-state index < -0.39 is 12.0 Å². The molecule has 0 fully saturated rings. The average Bonchev–Trinajstić information content (AvgIpc) is 2.99. The number of nitrogens with zero attached hydrogens (tertiary/aromatic N) is 3. The molecule has 0 aliphatic carbocycles. The summed E-state index contributed by atoms with van der Waals surface area (Å²) < 4.78 is 14.0. The van der Waals surface area contributed by atoms with Crippen molar-refractivity contribution in [2.75, 3.05) is 6.61 Å². The summed E-state index contributed by atoms with van der Waals surface area (Å²) in [5.74, 6) is 0.425. The third-order valence-electron chi connectivity index (χ3n) is 5.10. The van der Waals surface area contributed by atoms with E-state index in [0.717, 1.165) is 20.8 Å². The lowest BCUT2D eigenvalue weighted by atomic mass is 10.1. The number of halogens is 1. The van der Waals surface area contributed by atoms with Gasteiger partial charge >= 0.3 is 5.91 Å². The number of amides is 1. The summed E-state index contributed by atoms with van der Waals surface area (Å²) in [5.41, 5.74) is 1.00. The van der Waals surface area contributed by atoms with Crippen molar-refractivity contribution in [1.29, 1.82) is 0 Å². The molecule has 1 aliphatic heterocycles. The van der Waals surface area contributed by atoms with Gasteiger partial charge in [0.2, 0.25) is 12.0 Å². The molecule has 1 amide bonds. The molecule has 7 nitrogen and oxygen atoms in total. The van der Waals surface area contributed by atoms with Crippen molar-refractivity contribution < 1.29 is 19.4 Å². The van der Waals surface area contributed by atoms with Gasteiger partial charge in [0.1, 0.15) is 6.61 Å². The Labute approximate surface area is 179 Å². The zero-order valence-corrected chi connectivity index (χ0v) is 17.5. The Kier molecular flexibility index (Phi) is 4.43. The second-order valence-corrected chi connectivity index (χ2v) is 7.91. The molecule has 0 saturated heterocycles. The van der Waals surface area contributed by atoms with Crippen LogP contribution < -0.4 is 9.47 Å². The first-order chi connectivity index (χ1) is 14.5. The number of hydrogen-bond acceptors (Lipinski definition) is 5. The lowest BCUT2D eigenvalue weighted by molar-refractivity contribution is -0.127. The summed E-state index contributed by atoms with van der Waals surface area (Å²) in [6, 6.07) is 17.1. The molecular formula is C22H16BrN3O4. The van der Waals surface area contributed by atoms with E-state index >= 15 is 0 Å². The molecule has 8 heteroatoms. The van der Waals surface area contributed by atoms with Crippen LogP contribution in [0.2, 0.25) is 0 Å². The number of aromatic hydroxyl groups is 1. The Balaban J connectivity index is 1.42. The number of carbonyl (C=O) groups excluding carboxylic acids is 1. The fourth-order valence-electron chi connectivity index (χ4n) is 3.52. The molecule has 0 saturated carbocycles. The second kappa shape index (κ2) is 7.14. The lowest BCUT2D eigenvalue weighted by Gasteiger charge is -2.24. The van der Waals surface area contributed by atoms with Crippen molar-refractivity contribution in [3.63, 3.8) is 0 Å². The fourth-order valence-corrected chi connectivity index (χ4v) is 3.89. The minimum atomic E-state index is -0.911. The van der Waals surface area contributed by atoms with Crippen LogP contribution in [0.25, 0.3) is 21.7 Å². The van der Waals surface area contributed by atoms with Crippen molar-refractivity contribution >= 4 is 49.2 Å². The van der Waals surface area contributed by atoms with Crippen LogP contribution in [0.4, 0.5) is 5.69 Å². The van der Waals surface area contributed by atoms with Crippen LogP contribution in [0.1, 0.15) is 0 Å². The van der Waals surface area contributed by atoms with Gasteiger partial charge in [0, 0.05) is 16.9 Å². The maximum atomic E-state index is 12.6. The van der Waals surface area contributed by atoms with Gasteiger partial charge in [0.25, 0.3) is 0 Å². The highest BCUT2D eigenvalue weighted by Gasteiger charge is 2.28. The number of rotatable bonds is 2. The van der Waals surface area contributed by atoms with Gasteiger partial charge in [-0.3, -0.25) is 4.79 Å². The number of benzene rings is 3. The van der Waals surface area contributed by atoms with Gasteiger partial charge in [0.15, 0.2) is 17.2 Å². The van der Waals surface area contributed by atoms with Gasteiger partial charge < -0.3 is 19.1 Å². The third-order valence-corrected chi connectivity index (χ3v) is 5.59. The van der Waals surface area contributed by atoms with Crippen LogP contribution in [-0.4, -0.2) is 28.3 Å². The Morgan fingerprint density at radius 3 is 2.63 bits per heavy atom. The Morgan fingerprint density at radius 2 is 1.87 bits per heavy atom. The van der Waals surface area contributed by atoms with Crippen LogP contribution >= 0.6 is 15.9 Å². The summed E-state index contributed by atoms with van der Waals surface area (Å²) in [7, 11) is 1.71. The van der Waals surface area contributed by atoms with E-state index in [1.54, 1.807) is 11.6 Å². The van der Waals surface area contributed by atoms with Crippen molar-refractivity contribution in [3.05, 3.63) is 59.1 Å². The minimum Gasteiger partial charge on any atom is -0.493 e. The van der Waals surface area contributed by atoms with E-state index in [1.165, 1.54) is 0 Å². The number of ether oxygens (including phenoxy) is 2. The predicted octanol–water partition coefficient (Wildman–Crippen LogP) is 5.25. The number of fused-ring (bicyclic) bond motifs is 3. The number of aryl methyl sites for hydroxylation is 1. The molecule has 4 aromatic rings. The standard InChI is InChI=1S/C22H16BrN3O4/c1-26-16-7-6-14(23)10-15(16)20(22(26)28)24-25-21(27)19-11-29-17-8-12-4-2-3-5-13(12)9-18(17)30-19/h2-10,19,28H,11H2,1H3/t19-/m0/s1. The Hall–Kier alpha value is -3.39. The second-order valence-electron chi connectivity index (χ2n) is 6.99. The van der Waals surface area contributed by atoms with Crippen LogP contribution in [0.3, 0.4) is 0 Å². The Morgan fingerprint density at radius 1 is 1.13 bits per heavy atom. The van der Waals surface area contributed by atoms with Crippen molar-refractivity contribution in [1.82, 2.24) is 4.57 Å². The van der Waals surface area contributed by atoms with Crippen LogP contribution in [0.15, 0.2) is 69.3 Å². The smallest absolute Gasteiger partial charge is 0.308 e. The number of azo groups is 1. The highest BCUT2D eigenvalue weighted by atomic mass is 79.9. The molecule has 0 radical (unpaired) electrons. The number of hydrogen-bond donors (Lipinski definition) is 1. The predicted molar refractivity (Wildman–Crippen MR) is 116 cm³/mol. The van der Waals surface area contributed by atoms with Crippen molar-refractivity contribution in [2.45, 2.75) is 6.10 Å². The van der Waals surface area contributed by atoms with E-state index in [9.17, 15) is 9.90 Å². The van der Waals surface area contributed by atoms with Crippen molar-refractivity contribution in [3.8, 4) is 17.4 Å². The van der Waals surface area contributed by atoms with E-state index in [4.69, 9.17) is 9.47 Å². The summed E-state index contributed by atoms with van der Waals surface area (Å²) in [5, 5.41) is 20.9. The zero-order valence-electron chi connectivity index (χ0n) is 15.9. The highest BCUT2D eigenvalue weighted by Crippen LogP contribution is 2.40. The monoisotopic (exact) mass is 465 g/mol. The van der Waals surface area contributed by atoms with Crippen LogP contribution in [0, 0.1) is 0 Å². The first-order valence-corrected chi connectivity index (χ1v) is 10.1. The SMILES string of the molecule is Cn1c(O)c(N=NC(=O)[C@@H]2COc3cc4ccccc4cc3O2)c2cc(Br)ccc21. The quantitative estimate of drug-likeness (QED) is 0.409. The van der Waals surface area contributed by atoms with Gasteiger partial charge in [0.05, 0.1) is 5.52 Å². The van der Waals surface area contributed by atoms with E-state index in [-0.39, 0.29) is 18.2 Å². The van der Waals surface area contributed by atoms with Crippen molar-refractivity contribution in [2.24, 2.45) is 17.3 Å². The number of carbonyl (C=O) groups is 1. The maximum absolute atomic E-state index is 12.6. The molecule has 0 unspecified atom stereocenters. The first kappa shape index (κ1) is 18.6. The van der Waals surface area contributed by atoms with Gasteiger partial charge in [-0.2, -0.15) is 0 Å². The molecule has 3 aromatic carbocycles. The van der Waals surface area contributed by atoms with Gasteiger partial charge in [-0.25, -0.2) is 0 Å². The molecule has 5 rings (SSSR count).